The lowest BCUT2D eigenvalue weighted by molar-refractivity contribution is -0.139. The van der Waals surface area contributed by atoms with Gasteiger partial charge in [0.1, 0.15) is 23.3 Å². The molecule has 0 aliphatic rings. The van der Waals surface area contributed by atoms with E-state index in [2.05, 4.69) is 10.4 Å². The Bertz CT molecular complexity index is 1080. The number of aromatic nitrogens is 2. The highest BCUT2D eigenvalue weighted by Gasteiger charge is 2.34. The molecule has 3 aromatic rings. The van der Waals surface area contributed by atoms with Gasteiger partial charge in [0, 0.05) is 0 Å². The van der Waals surface area contributed by atoms with E-state index in [0.29, 0.717) is 11.4 Å². The van der Waals surface area contributed by atoms with Crippen LogP contribution < -0.4 is 10.1 Å². The average Bonchev–Trinajstić information content (AvgIpc) is 3.00. The molecule has 1 amide bonds. The fourth-order valence-corrected chi connectivity index (χ4v) is 3.25. The third-order valence-electron chi connectivity index (χ3n) is 4.36. The smallest absolute Gasteiger partial charge is 0.419 e. The standard InChI is InChI=1S/C21H18ClF4N3O2/c1-12(11-31-17-6-4-3-5-16(17)21(24,25)26)27-20(30)18-13(2)28-29(19(18)22)15-9-7-14(23)8-10-15/h3-10,12H,11H2,1-2H3,(H,27,30)/t12-/m1/s1. The number of halogens is 5. The summed E-state index contributed by atoms with van der Waals surface area (Å²) in [5, 5.41) is 6.88. The lowest BCUT2D eigenvalue weighted by Crippen LogP contribution is -2.37. The Labute approximate surface area is 180 Å². The fourth-order valence-electron chi connectivity index (χ4n) is 2.89. The van der Waals surface area contributed by atoms with Gasteiger partial charge in [-0.15, -0.1) is 0 Å². The van der Waals surface area contributed by atoms with Crippen molar-refractivity contribution < 1.29 is 27.1 Å². The zero-order valence-corrected chi connectivity index (χ0v) is 17.3. The molecule has 0 spiro atoms. The molecule has 0 fully saturated rings. The molecular formula is C21H18ClF4N3O2. The molecule has 0 bridgehead atoms. The summed E-state index contributed by atoms with van der Waals surface area (Å²) in [6.45, 7) is 2.98. The molecule has 164 valence electrons. The normalized spacial score (nSPS) is 12.5. The Hall–Kier alpha value is -3.07. The van der Waals surface area contributed by atoms with Gasteiger partial charge >= 0.3 is 6.18 Å². The summed E-state index contributed by atoms with van der Waals surface area (Å²) in [5.41, 5.74) is 0.0116. The predicted octanol–water partition coefficient (Wildman–Crippen LogP) is 5.19. The molecule has 31 heavy (non-hydrogen) atoms. The molecule has 3 rings (SSSR count). The molecule has 1 atom stereocenters. The van der Waals surface area contributed by atoms with Gasteiger partial charge in [-0.3, -0.25) is 4.79 Å². The van der Waals surface area contributed by atoms with Crippen molar-refractivity contribution >= 4 is 17.5 Å². The number of nitrogens with zero attached hydrogens (tertiary/aromatic N) is 2. The van der Waals surface area contributed by atoms with Crippen LogP contribution in [-0.4, -0.2) is 28.3 Å². The molecule has 0 aliphatic heterocycles. The molecule has 1 N–H and O–H groups in total. The van der Waals surface area contributed by atoms with E-state index in [-0.39, 0.29) is 23.1 Å². The molecule has 0 unspecified atom stereocenters. The van der Waals surface area contributed by atoms with Gasteiger partial charge in [-0.05, 0) is 50.2 Å². The van der Waals surface area contributed by atoms with Crippen LogP contribution in [0.15, 0.2) is 48.5 Å². The first-order chi connectivity index (χ1) is 14.6. The van der Waals surface area contributed by atoms with E-state index in [4.69, 9.17) is 16.3 Å². The minimum Gasteiger partial charge on any atom is -0.491 e. The Morgan fingerprint density at radius 1 is 1.19 bits per heavy atom. The van der Waals surface area contributed by atoms with Gasteiger partial charge in [-0.1, -0.05) is 23.7 Å². The van der Waals surface area contributed by atoms with Crippen molar-refractivity contribution in [3.05, 3.63) is 76.3 Å². The zero-order chi connectivity index (χ0) is 22.8. The van der Waals surface area contributed by atoms with Crippen LogP contribution in [0.2, 0.25) is 5.15 Å². The summed E-state index contributed by atoms with van der Waals surface area (Å²) < 4.78 is 58.9. The minimum atomic E-state index is -4.55. The highest BCUT2D eigenvalue weighted by Crippen LogP contribution is 2.35. The van der Waals surface area contributed by atoms with Crippen molar-refractivity contribution in [3.8, 4) is 11.4 Å². The second-order valence-corrected chi connectivity index (χ2v) is 7.18. The SMILES string of the molecule is Cc1nn(-c2ccc(F)cc2)c(Cl)c1C(=O)N[C@H](C)COc1ccccc1C(F)(F)F. The van der Waals surface area contributed by atoms with E-state index in [1.165, 1.54) is 47.1 Å². The lowest BCUT2D eigenvalue weighted by Gasteiger charge is -2.18. The second-order valence-electron chi connectivity index (χ2n) is 6.82. The third kappa shape index (κ3) is 5.16. The first kappa shape index (κ1) is 22.6. The topological polar surface area (TPSA) is 56.2 Å². The Morgan fingerprint density at radius 3 is 2.48 bits per heavy atom. The van der Waals surface area contributed by atoms with Gasteiger partial charge in [0.25, 0.3) is 5.91 Å². The Kier molecular flexibility index (Phi) is 6.54. The average molecular weight is 456 g/mol. The summed E-state index contributed by atoms with van der Waals surface area (Å²) in [6.07, 6.45) is -4.55. The van der Waals surface area contributed by atoms with E-state index in [0.717, 1.165) is 6.07 Å². The summed E-state index contributed by atoms with van der Waals surface area (Å²) in [7, 11) is 0. The first-order valence-electron chi connectivity index (χ1n) is 9.19. The van der Waals surface area contributed by atoms with Crippen LogP contribution in [0, 0.1) is 12.7 Å². The van der Waals surface area contributed by atoms with Crippen LogP contribution >= 0.6 is 11.6 Å². The number of para-hydroxylation sites is 1. The van der Waals surface area contributed by atoms with Crippen molar-refractivity contribution in [1.82, 2.24) is 15.1 Å². The van der Waals surface area contributed by atoms with E-state index in [9.17, 15) is 22.4 Å². The number of nitrogens with one attached hydrogen (secondary N) is 1. The number of aryl methyl sites for hydroxylation is 1. The molecule has 0 saturated carbocycles. The van der Waals surface area contributed by atoms with Crippen molar-refractivity contribution in [2.45, 2.75) is 26.1 Å². The molecule has 10 heteroatoms. The largest absolute Gasteiger partial charge is 0.491 e. The predicted molar refractivity (Wildman–Crippen MR) is 107 cm³/mol. The van der Waals surface area contributed by atoms with Gasteiger partial charge in [0.05, 0.1) is 28.6 Å². The number of alkyl halides is 3. The second kappa shape index (κ2) is 8.97. The fraction of sp³-hybridized carbons (Fsp3) is 0.238. The summed E-state index contributed by atoms with van der Waals surface area (Å²) in [4.78, 5) is 12.7. The molecule has 0 aliphatic carbocycles. The monoisotopic (exact) mass is 455 g/mol. The summed E-state index contributed by atoms with van der Waals surface area (Å²) in [5.74, 6) is -1.31. The molecule has 0 saturated heterocycles. The third-order valence-corrected chi connectivity index (χ3v) is 4.71. The number of rotatable bonds is 6. The highest BCUT2D eigenvalue weighted by atomic mass is 35.5. The van der Waals surface area contributed by atoms with Crippen molar-refractivity contribution in [1.29, 1.82) is 0 Å². The number of carbonyl (C=O) groups is 1. The van der Waals surface area contributed by atoms with Crippen molar-refractivity contribution in [2.75, 3.05) is 6.61 Å². The number of benzene rings is 2. The van der Waals surface area contributed by atoms with Crippen LogP contribution in [0.1, 0.15) is 28.5 Å². The first-order valence-corrected chi connectivity index (χ1v) is 9.56. The molecule has 2 aromatic carbocycles. The number of hydrogen-bond acceptors (Lipinski definition) is 3. The maximum absolute atomic E-state index is 13.1. The Balaban J connectivity index is 1.70. The number of carbonyl (C=O) groups excluding carboxylic acids is 1. The van der Waals surface area contributed by atoms with Crippen LogP contribution in [0.5, 0.6) is 5.75 Å². The molecule has 1 heterocycles. The van der Waals surface area contributed by atoms with Gasteiger partial charge < -0.3 is 10.1 Å². The molecular weight excluding hydrogens is 438 g/mol. The molecule has 0 radical (unpaired) electrons. The van der Waals surface area contributed by atoms with Crippen molar-refractivity contribution in [2.24, 2.45) is 0 Å². The number of amides is 1. The van der Waals surface area contributed by atoms with Crippen LogP contribution in [0.25, 0.3) is 5.69 Å². The van der Waals surface area contributed by atoms with E-state index < -0.39 is 29.5 Å². The maximum atomic E-state index is 13.1. The zero-order valence-electron chi connectivity index (χ0n) is 16.5. The Morgan fingerprint density at radius 2 is 1.84 bits per heavy atom. The van der Waals surface area contributed by atoms with E-state index >= 15 is 0 Å². The maximum Gasteiger partial charge on any atom is 0.419 e. The van der Waals surface area contributed by atoms with Gasteiger partial charge in [-0.25, -0.2) is 9.07 Å². The van der Waals surface area contributed by atoms with E-state index in [1.807, 2.05) is 0 Å². The minimum absolute atomic E-state index is 0.0251. The summed E-state index contributed by atoms with van der Waals surface area (Å²) in [6, 6.07) is 9.61. The van der Waals surface area contributed by atoms with Gasteiger partial charge in [0.15, 0.2) is 0 Å². The quantitative estimate of drug-likeness (QED) is 0.520. The van der Waals surface area contributed by atoms with Crippen LogP contribution in [-0.2, 0) is 6.18 Å². The summed E-state index contributed by atoms with van der Waals surface area (Å²) >= 11 is 6.32. The van der Waals surface area contributed by atoms with Crippen LogP contribution in [0.4, 0.5) is 17.6 Å². The van der Waals surface area contributed by atoms with Gasteiger partial charge in [0.2, 0.25) is 0 Å². The van der Waals surface area contributed by atoms with Crippen LogP contribution in [0.3, 0.4) is 0 Å². The molecule has 5 nitrogen and oxygen atoms in total. The van der Waals surface area contributed by atoms with Crippen molar-refractivity contribution in [3.63, 3.8) is 0 Å². The highest BCUT2D eigenvalue weighted by molar-refractivity contribution is 6.33. The van der Waals surface area contributed by atoms with Gasteiger partial charge in [-0.2, -0.15) is 18.3 Å². The van der Waals surface area contributed by atoms with E-state index in [1.54, 1.807) is 13.8 Å². The molecule has 1 aromatic heterocycles. The lowest BCUT2D eigenvalue weighted by atomic mass is 10.2. The number of hydrogen-bond donors (Lipinski definition) is 1. The number of ether oxygens (including phenoxy) is 1.